The van der Waals surface area contributed by atoms with Crippen LogP contribution in [0.3, 0.4) is 0 Å². The van der Waals surface area contributed by atoms with Gasteiger partial charge < -0.3 is 5.21 Å². The molecule has 7 heavy (non-hydrogen) atoms. The van der Waals surface area contributed by atoms with Gasteiger partial charge in [0.15, 0.2) is 11.7 Å². The molecule has 0 aliphatic heterocycles. The van der Waals surface area contributed by atoms with E-state index in [0.717, 1.165) is 6.08 Å². The zero-order valence-electron chi connectivity index (χ0n) is 3.89. The Labute approximate surface area is 40.9 Å². The van der Waals surface area contributed by atoms with Gasteiger partial charge in [0.05, 0.1) is 6.08 Å². The molecule has 0 unspecified atom stereocenters. The van der Waals surface area contributed by atoms with Gasteiger partial charge in [0.1, 0.15) is 0 Å². The van der Waals surface area contributed by atoms with E-state index in [0.29, 0.717) is 0 Å². The van der Waals surface area contributed by atoms with Crippen molar-refractivity contribution in [3.05, 3.63) is 11.3 Å². The predicted molar refractivity (Wildman–Crippen MR) is 24.6 cm³/mol. The number of ketones is 1. The van der Waals surface area contributed by atoms with Crippen LogP contribution in [0.2, 0.25) is 0 Å². The molecule has 1 N–H and O–H groups in total. The summed E-state index contributed by atoms with van der Waals surface area (Å²) >= 11 is 0. The summed E-state index contributed by atoms with van der Waals surface area (Å²) in [7, 11) is 0. The van der Waals surface area contributed by atoms with Crippen molar-refractivity contribution < 1.29 is 9.95 Å². The molecule has 0 fully saturated rings. The van der Waals surface area contributed by atoms with E-state index in [2.05, 4.69) is 0 Å². The minimum Gasteiger partial charge on any atom is -0.617 e. The zero-order valence-corrected chi connectivity index (χ0v) is 3.89. The molecule has 0 radical (unpaired) electrons. The van der Waals surface area contributed by atoms with Crippen LogP contribution in [0.4, 0.5) is 0 Å². The fraction of sp³-hybridized carbons (Fsp3) is 0.250. The SMILES string of the molecule is CC(=O)C=C=[NH+][O-]. The third-order valence-electron chi connectivity index (χ3n) is 0.334. The fourth-order valence-electron chi connectivity index (χ4n) is 0.131. The van der Waals surface area contributed by atoms with Gasteiger partial charge in [0, 0.05) is 0 Å². The summed E-state index contributed by atoms with van der Waals surface area (Å²) in [6.07, 6.45) is 1.03. The molecule has 0 aromatic heterocycles. The lowest BCUT2D eigenvalue weighted by Crippen LogP contribution is -2.58. The van der Waals surface area contributed by atoms with Gasteiger partial charge >= 0.3 is 0 Å². The first-order valence-corrected chi connectivity index (χ1v) is 1.74. The van der Waals surface area contributed by atoms with E-state index in [9.17, 15) is 10.0 Å². The van der Waals surface area contributed by atoms with Gasteiger partial charge in [-0.1, -0.05) is 0 Å². The van der Waals surface area contributed by atoms with Crippen molar-refractivity contribution in [3.63, 3.8) is 0 Å². The van der Waals surface area contributed by atoms with E-state index >= 15 is 0 Å². The van der Waals surface area contributed by atoms with Gasteiger partial charge in [-0.25, -0.2) is 0 Å². The van der Waals surface area contributed by atoms with Crippen LogP contribution in [0.5, 0.6) is 0 Å². The quantitative estimate of drug-likeness (QED) is 0.186. The Bertz CT molecular complexity index is 122. The second-order valence-corrected chi connectivity index (χ2v) is 1.00. The molecule has 0 amide bonds. The zero-order chi connectivity index (χ0) is 5.70. The van der Waals surface area contributed by atoms with E-state index in [4.69, 9.17) is 0 Å². The molecule has 0 saturated carbocycles. The Morgan fingerprint density at radius 2 is 2.57 bits per heavy atom. The van der Waals surface area contributed by atoms with Gasteiger partial charge in [0.2, 0.25) is 0 Å². The van der Waals surface area contributed by atoms with Crippen molar-refractivity contribution in [3.8, 4) is 0 Å². The lowest BCUT2D eigenvalue weighted by molar-refractivity contribution is -0.364. The topological polar surface area (TPSA) is 54.1 Å². The molecule has 0 saturated heterocycles. The standard InChI is InChI=1S/C4H5NO2/c1-4(6)2-3-5-7/h2,5H,1H3. The average Bonchev–Trinajstić information content (AvgIpc) is 1.61. The Kier molecular flexibility index (Phi) is 2.64. The van der Waals surface area contributed by atoms with Crippen LogP contribution in [0, 0.1) is 5.21 Å². The molecule has 3 heteroatoms. The highest BCUT2D eigenvalue weighted by atomic mass is 16.4. The van der Waals surface area contributed by atoms with Crippen LogP contribution in [0.15, 0.2) is 6.08 Å². The van der Waals surface area contributed by atoms with Gasteiger partial charge in [-0.15, -0.1) is 0 Å². The Balaban J connectivity index is 3.70. The first-order chi connectivity index (χ1) is 3.27. The fourth-order valence-corrected chi connectivity index (χ4v) is 0.131. The Morgan fingerprint density at radius 3 is 2.71 bits per heavy atom. The average molecular weight is 99.1 g/mol. The molecule has 0 rings (SSSR count). The van der Waals surface area contributed by atoms with E-state index in [-0.39, 0.29) is 5.78 Å². The monoisotopic (exact) mass is 99.0 g/mol. The summed E-state index contributed by atoms with van der Waals surface area (Å²) in [6.45, 7) is 1.34. The van der Waals surface area contributed by atoms with Crippen LogP contribution in [-0.2, 0) is 4.79 Å². The molecule has 0 bridgehead atoms. The number of hydrogen-bond acceptors (Lipinski definition) is 2. The number of carbonyl (C=O) groups excluding carboxylic acids is 1. The van der Waals surface area contributed by atoms with Crippen molar-refractivity contribution in [2.24, 2.45) is 0 Å². The van der Waals surface area contributed by atoms with Crippen LogP contribution < -0.4 is 5.16 Å². The molecule has 0 heterocycles. The van der Waals surface area contributed by atoms with Crippen molar-refractivity contribution in [1.82, 2.24) is 0 Å². The molecule has 38 valence electrons. The molecule has 0 atom stereocenters. The van der Waals surface area contributed by atoms with Crippen molar-refractivity contribution >= 4 is 11.7 Å². The molecular weight excluding hydrogens is 94.0 g/mol. The molecule has 3 nitrogen and oxygen atoms in total. The van der Waals surface area contributed by atoms with E-state index in [1.165, 1.54) is 12.1 Å². The maximum absolute atomic E-state index is 9.91. The van der Waals surface area contributed by atoms with E-state index in [1.807, 2.05) is 5.87 Å². The van der Waals surface area contributed by atoms with Crippen LogP contribution in [0.1, 0.15) is 6.92 Å². The second-order valence-electron chi connectivity index (χ2n) is 1.00. The minimum atomic E-state index is -0.191. The highest BCUT2D eigenvalue weighted by Crippen LogP contribution is 1.59. The summed E-state index contributed by atoms with van der Waals surface area (Å²) in [4.78, 5) is 9.91. The van der Waals surface area contributed by atoms with Crippen molar-refractivity contribution in [2.45, 2.75) is 6.92 Å². The Morgan fingerprint density at radius 1 is 2.00 bits per heavy atom. The number of allylic oxidation sites excluding steroid dienone is 1. The van der Waals surface area contributed by atoms with Gasteiger partial charge in [-0.2, -0.15) is 5.16 Å². The third-order valence-corrected chi connectivity index (χ3v) is 0.334. The number of nitrogens with one attached hydrogen (secondary N) is 1. The first kappa shape index (κ1) is 5.92. The molecule has 0 spiro atoms. The van der Waals surface area contributed by atoms with Crippen molar-refractivity contribution in [1.29, 1.82) is 0 Å². The van der Waals surface area contributed by atoms with E-state index in [1.54, 1.807) is 0 Å². The highest BCUT2D eigenvalue weighted by Gasteiger charge is 1.76. The number of rotatable bonds is 1. The summed E-state index contributed by atoms with van der Waals surface area (Å²) < 4.78 is 0. The highest BCUT2D eigenvalue weighted by molar-refractivity contribution is 5.93. The van der Waals surface area contributed by atoms with Crippen molar-refractivity contribution in [2.75, 3.05) is 0 Å². The van der Waals surface area contributed by atoms with Crippen LogP contribution in [-0.4, -0.2) is 11.7 Å². The summed E-state index contributed by atoms with van der Waals surface area (Å²) in [6, 6.07) is 0. The number of hydrogen-bond donors (Lipinski definition) is 1. The molecule has 0 aliphatic rings. The second kappa shape index (κ2) is 3.12. The van der Waals surface area contributed by atoms with Gasteiger partial charge in [0.25, 0.3) is 0 Å². The molecular formula is C4H5NO2. The number of carbonyl (C=O) groups is 1. The predicted octanol–water partition coefficient (Wildman–Crippen LogP) is -1.62. The lowest BCUT2D eigenvalue weighted by atomic mass is 10.5. The summed E-state index contributed by atoms with van der Waals surface area (Å²) in [5, 5.41) is 10.6. The van der Waals surface area contributed by atoms with Gasteiger partial charge in [-0.05, 0) is 6.92 Å². The molecule has 0 aromatic rings. The molecule has 0 aliphatic carbocycles. The third kappa shape index (κ3) is 4.92. The summed E-state index contributed by atoms with van der Waals surface area (Å²) in [5.41, 5.74) is 0. The van der Waals surface area contributed by atoms with Crippen LogP contribution in [0.25, 0.3) is 0 Å². The molecule has 0 aromatic carbocycles. The van der Waals surface area contributed by atoms with E-state index < -0.39 is 0 Å². The van der Waals surface area contributed by atoms with Crippen LogP contribution >= 0.6 is 0 Å². The maximum Gasteiger partial charge on any atom is 0.181 e. The summed E-state index contributed by atoms with van der Waals surface area (Å²) in [5.74, 6) is 1.78. The Hall–Kier alpha value is -1.08. The lowest BCUT2D eigenvalue weighted by Gasteiger charge is -1.66. The largest absolute Gasteiger partial charge is 0.617 e. The minimum absolute atomic E-state index is 0.191. The first-order valence-electron chi connectivity index (χ1n) is 1.74. The smallest absolute Gasteiger partial charge is 0.181 e. The van der Waals surface area contributed by atoms with Gasteiger partial charge in [-0.3, -0.25) is 4.79 Å². The maximum atomic E-state index is 9.91. The normalized spacial score (nSPS) is 6.43.